The quantitative estimate of drug-likeness (QED) is 0.669. The lowest BCUT2D eigenvalue weighted by Gasteiger charge is -2.08. The van der Waals surface area contributed by atoms with Gasteiger partial charge in [0.25, 0.3) is 0 Å². The molecule has 4 nitrogen and oxygen atoms in total. The average Bonchev–Trinajstić information content (AvgIpc) is 2.14. The number of hydrogen-bond acceptors (Lipinski definition) is 3. The Kier molecular flexibility index (Phi) is 3.48. The molecule has 0 bridgehead atoms. The minimum Gasteiger partial charge on any atom is -0.508 e. The van der Waals surface area contributed by atoms with Gasteiger partial charge >= 0.3 is 5.97 Å². The lowest BCUT2D eigenvalue weighted by Crippen LogP contribution is -2.33. The van der Waals surface area contributed by atoms with Gasteiger partial charge in [0.1, 0.15) is 11.8 Å². The van der Waals surface area contributed by atoms with Crippen LogP contribution in [0.5, 0.6) is 5.75 Å². The van der Waals surface area contributed by atoms with E-state index in [2.05, 4.69) is 5.32 Å². The number of nitrogens with one attached hydrogen (secondary N) is 1. The zero-order valence-corrected chi connectivity index (χ0v) is 7.90. The first kappa shape index (κ1) is 10.5. The molecule has 0 fully saturated rings. The van der Waals surface area contributed by atoms with E-state index < -0.39 is 12.0 Å². The van der Waals surface area contributed by atoms with E-state index in [1.165, 1.54) is 0 Å². The molecule has 0 saturated carbocycles. The molecule has 1 aromatic carbocycles. The third kappa shape index (κ3) is 3.06. The fourth-order valence-electron chi connectivity index (χ4n) is 1.02. The van der Waals surface area contributed by atoms with Crippen molar-refractivity contribution >= 4 is 5.97 Å². The highest BCUT2D eigenvalue weighted by Gasteiger charge is 2.08. The van der Waals surface area contributed by atoms with Gasteiger partial charge in [-0.2, -0.15) is 0 Å². The summed E-state index contributed by atoms with van der Waals surface area (Å²) in [6, 6.07) is 6.13. The van der Waals surface area contributed by atoms with Crippen molar-refractivity contribution in [2.75, 3.05) is 0 Å². The second-order valence-electron chi connectivity index (χ2n) is 3.11. The highest BCUT2D eigenvalue weighted by molar-refractivity contribution is 5.72. The Hall–Kier alpha value is -1.55. The molecule has 76 valence electrons. The number of phenolic OH excluding ortho intramolecular Hbond substituents is 1. The fourth-order valence-corrected chi connectivity index (χ4v) is 1.02. The van der Waals surface area contributed by atoms with Crippen molar-refractivity contribution in [1.82, 2.24) is 5.32 Å². The average molecular weight is 195 g/mol. The number of carboxylic acids is 1. The molecule has 0 unspecified atom stereocenters. The summed E-state index contributed by atoms with van der Waals surface area (Å²) >= 11 is 0. The number of rotatable bonds is 4. The third-order valence-corrected chi connectivity index (χ3v) is 1.89. The maximum Gasteiger partial charge on any atom is 0.320 e. The molecule has 1 atom stereocenters. The molecule has 14 heavy (non-hydrogen) atoms. The first-order valence-corrected chi connectivity index (χ1v) is 4.33. The minimum absolute atomic E-state index is 0.187. The first-order valence-electron chi connectivity index (χ1n) is 4.33. The molecule has 0 aromatic heterocycles. The van der Waals surface area contributed by atoms with E-state index in [9.17, 15) is 4.79 Å². The van der Waals surface area contributed by atoms with Crippen LogP contribution in [0.2, 0.25) is 0 Å². The van der Waals surface area contributed by atoms with E-state index in [1.807, 2.05) is 6.07 Å². The summed E-state index contributed by atoms with van der Waals surface area (Å²) in [5, 5.41) is 20.6. The zero-order valence-electron chi connectivity index (χ0n) is 7.90. The number of aromatic hydroxyl groups is 1. The summed E-state index contributed by atoms with van der Waals surface area (Å²) < 4.78 is 0. The van der Waals surface area contributed by atoms with Crippen LogP contribution >= 0.6 is 0 Å². The number of hydrogen-bond donors (Lipinski definition) is 3. The van der Waals surface area contributed by atoms with Crippen LogP contribution in [0.15, 0.2) is 24.3 Å². The smallest absolute Gasteiger partial charge is 0.320 e. The molecular formula is C10H13NO3. The standard InChI is InChI=1S/C10H13NO3/c1-7(10(13)14)11-6-8-3-2-4-9(12)5-8/h2-5,7,11-12H,6H2,1H3,(H,13,14)/t7-/m0/s1. The second-order valence-corrected chi connectivity index (χ2v) is 3.11. The molecule has 3 N–H and O–H groups in total. The van der Waals surface area contributed by atoms with Crippen LogP contribution in [0.4, 0.5) is 0 Å². The highest BCUT2D eigenvalue weighted by Crippen LogP contribution is 2.10. The van der Waals surface area contributed by atoms with E-state index in [0.717, 1.165) is 5.56 Å². The fraction of sp³-hybridized carbons (Fsp3) is 0.300. The van der Waals surface area contributed by atoms with Gasteiger partial charge in [-0.05, 0) is 24.6 Å². The van der Waals surface area contributed by atoms with Crippen molar-refractivity contribution in [1.29, 1.82) is 0 Å². The molecule has 0 aliphatic carbocycles. The van der Waals surface area contributed by atoms with Gasteiger partial charge in [-0.3, -0.25) is 4.79 Å². The van der Waals surface area contributed by atoms with E-state index in [-0.39, 0.29) is 5.75 Å². The van der Waals surface area contributed by atoms with Gasteiger partial charge in [-0.15, -0.1) is 0 Å². The Labute approximate surface area is 82.2 Å². The van der Waals surface area contributed by atoms with Crippen LogP contribution in [0.3, 0.4) is 0 Å². The molecule has 1 rings (SSSR count). The Balaban J connectivity index is 2.49. The molecule has 0 aliphatic rings. The van der Waals surface area contributed by atoms with Gasteiger partial charge in [0.05, 0.1) is 0 Å². The van der Waals surface area contributed by atoms with E-state index in [1.54, 1.807) is 25.1 Å². The van der Waals surface area contributed by atoms with Crippen molar-refractivity contribution in [3.63, 3.8) is 0 Å². The highest BCUT2D eigenvalue weighted by atomic mass is 16.4. The number of benzene rings is 1. The summed E-state index contributed by atoms with van der Waals surface area (Å²) in [7, 11) is 0. The van der Waals surface area contributed by atoms with Crippen molar-refractivity contribution < 1.29 is 15.0 Å². The minimum atomic E-state index is -0.884. The van der Waals surface area contributed by atoms with E-state index in [4.69, 9.17) is 10.2 Å². The van der Waals surface area contributed by atoms with Crippen molar-refractivity contribution in [2.24, 2.45) is 0 Å². The van der Waals surface area contributed by atoms with Crippen molar-refractivity contribution in [3.8, 4) is 5.75 Å². The predicted molar refractivity (Wildman–Crippen MR) is 52.0 cm³/mol. The lowest BCUT2D eigenvalue weighted by atomic mass is 10.2. The molecule has 1 aromatic rings. The van der Waals surface area contributed by atoms with E-state index in [0.29, 0.717) is 6.54 Å². The topological polar surface area (TPSA) is 69.6 Å². The van der Waals surface area contributed by atoms with Gasteiger partial charge in [-0.25, -0.2) is 0 Å². The van der Waals surface area contributed by atoms with Crippen molar-refractivity contribution in [3.05, 3.63) is 29.8 Å². The van der Waals surface area contributed by atoms with Crippen LogP contribution in [-0.2, 0) is 11.3 Å². The first-order chi connectivity index (χ1) is 6.59. The largest absolute Gasteiger partial charge is 0.508 e. The maximum absolute atomic E-state index is 10.5. The predicted octanol–water partition coefficient (Wildman–Crippen LogP) is 0.955. The van der Waals surface area contributed by atoms with Gasteiger partial charge in [0.15, 0.2) is 0 Å². The normalized spacial score (nSPS) is 12.4. The monoisotopic (exact) mass is 195 g/mol. The Morgan fingerprint density at radius 1 is 1.57 bits per heavy atom. The van der Waals surface area contributed by atoms with Crippen LogP contribution in [0, 0.1) is 0 Å². The summed E-state index contributed by atoms with van der Waals surface area (Å²) in [5.41, 5.74) is 0.859. The van der Waals surface area contributed by atoms with E-state index >= 15 is 0 Å². The summed E-state index contributed by atoms with van der Waals surface area (Å²) in [6.45, 7) is 2.01. The zero-order chi connectivity index (χ0) is 10.6. The van der Waals surface area contributed by atoms with Gasteiger partial charge < -0.3 is 15.5 Å². The van der Waals surface area contributed by atoms with Crippen LogP contribution in [0.25, 0.3) is 0 Å². The van der Waals surface area contributed by atoms with Gasteiger partial charge in [0.2, 0.25) is 0 Å². The maximum atomic E-state index is 10.5. The number of carbonyl (C=O) groups is 1. The molecule has 0 aliphatic heterocycles. The lowest BCUT2D eigenvalue weighted by molar-refractivity contribution is -0.139. The molecule has 4 heteroatoms. The Bertz CT molecular complexity index is 325. The number of phenols is 1. The Morgan fingerprint density at radius 3 is 2.86 bits per heavy atom. The summed E-state index contributed by atoms with van der Waals surface area (Å²) in [4.78, 5) is 10.5. The molecule has 0 amide bonds. The van der Waals surface area contributed by atoms with Crippen LogP contribution in [0.1, 0.15) is 12.5 Å². The van der Waals surface area contributed by atoms with Crippen LogP contribution in [-0.4, -0.2) is 22.2 Å². The molecule has 0 heterocycles. The SMILES string of the molecule is C[C@H](NCc1cccc(O)c1)C(=O)O. The molecule has 0 saturated heterocycles. The molecular weight excluding hydrogens is 182 g/mol. The Morgan fingerprint density at radius 2 is 2.29 bits per heavy atom. The second kappa shape index (κ2) is 4.62. The van der Waals surface area contributed by atoms with Crippen LogP contribution < -0.4 is 5.32 Å². The third-order valence-electron chi connectivity index (χ3n) is 1.89. The summed E-state index contributed by atoms with van der Waals surface area (Å²) in [6.07, 6.45) is 0. The molecule has 0 radical (unpaired) electrons. The van der Waals surface area contributed by atoms with Crippen molar-refractivity contribution in [2.45, 2.75) is 19.5 Å². The molecule has 0 spiro atoms. The van der Waals surface area contributed by atoms with Gasteiger partial charge in [0, 0.05) is 6.54 Å². The van der Waals surface area contributed by atoms with Gasteiger partial charge in [-0.1, -0.05) is 12.1 Å². The summed E-state index contributed by atoms with van der Waals surface area (Å²) in [5.74, 6) is -0.697. The number of aliphatic carboxylic acids is 1. The number of carboxylic acid groups (broad SMARTS) is 1.